The minimum absolute atomic E-state index is 0.0106. The maximum absolute atomic E-state index is 13.6. The third kappa shape index (κ3) is 12.8. The van der Waals surface area contributed by atoms with Crippen LogP contribution in [0, 0.1) is 5.92 Å². The number of nitrogens with one attached hydrogen (secondary N) is 3. The Kier molecular flexibility index (Phi) is 15.6. The summed E-state index contributed by atoms with van der Waals surface area (Å²) in [6.45, 7) is 3.12. The molecule has 3 unspecified atom stereocenters. The van der Waals surface area contributed by atoms with Crippen LogP contribution in [0.2, 0.25) is 0 Å². The van der Waals surface area contributed by atoms with Gasteiger partial charge in [0.05, 0.1) is 26.2 Å². The van der Waals surface area contributed by atoms with Crippen molar-refractivity contribution < 1.29 is 38.2 Å². The molecule has 3 atom stereocenters. The van der Waals surface area contributed by atoms with E-state index in [0.29, 0.717) is 17.9 Å². The molecule has 0 bridgehead atoms. The minimum Gasteiger partial charge on any atom is -0.489 e. The van der Waals surface area contributed by atoms with Crippen molar-refractivity contribution in [3.8, 4) is 5.75 Å². The van der Waals surface area contributed by atoms with Gasteiger partial charge in [-0.15, -0.1) is 0 Å². The first-order chi connectivity index (χ1) is 24.0. The van der Waals surface area contributed by atoms with E-state index in [0.717, 1.165) is 23.1 Å². The van der Waals surface area contributed by atoms with Crippen molar-refractivity contribution in [1.82, 2.24) is 20.9 Å². The van der Waals surface area contributed by atoms with Crippen LogP contribution in [0.1, 0.15) is 37.0 Å². The van der Waals surface area contributed by atoms with E-state index in [1.165, 1.54) is 0 Å². The molecule has 3 aromatic carbocycles. The molecule has 0 saturated carbocycles. The maximum Gasteiger partial charge on any atom is 0.329 e. The van der Waals surface area contributed by atoms with Gasteiger partial charge in [0, 0.05) is 6.42 Å². The molecule has 0 aliphatic carbocycles. The van der Waals surface area contributed by atoms with Gasteiger partial charge in [0.15, 0.2) is 0 Å². The fraction of sp³-hybridized carbons (Fsp3) is 0.351. The molecule has 0 spiro atoms. The summed E-state index contributed by atoms with van der Waals surface area (Å²) in [6, 6.07) is 22.4. The van der Waals surface area contributed by atoms with Gasteiger partial charge >= 0.3 is 5.97 Å². The third-order valence-corrected chi connectivity index (χ3v) is 7.62. The Hall–Kier alpha value is -5.56. The topological polar surface area (TPSA) is 186 Å². The van der Waals surface area contributed by atoms with Crippen molar-refractivity contribution in [3.05, 3.63) is 102 Å². The van der Waals surface area contributed by atoms with Crippen LogP contribution in [0.3, 0.4) is 0 Å². The van der Waals surface area contributed by atoms with Crippen molar-refractivity contribution in [2.24, 2.45) is 11.7 Å². The molecule has 5 amide bonds. The summed E-state index contributed by atoms with van der Waals surface area (Å²) in [5, 5.41) is 7.41. The first kappa shape index (κ1) is 38.9. The summed E-state index contributed by atoms with van der Waals surface area (Å²) in [4.78, 5) is 76.8. The molecule has 266 valence electrons. The molecule has 3 aromatic rings. The summed E-state index contributed by atoms with van der Waals surface area (Å²) >= 11 is 0. The molecule has 50 heavy (non-hydrogen) atoms. The van der Waals surface area contributed by atoms with Crippen LogP contribution < -0.4 is 26.4 Å². The highest BCUT2D eigenvalue weighted by molar-refractivity contribution is 5.97. The van der Waals surface area contributed by atoms with Gasteiger partial charge in [-0.2, -0.15) is 0 Å². The van der Waals surface area contributed by atoms with Gasteiger partial charge in [0.1, 0.15) is 24.4 Å². The molecule has 0 radical (unpaired) electrons. The van der Waals surface area contributed by atoms with E-state index < -0.39 is 60.8 Å². The number of carbonyl (C=O) groups is 6. The van der Waals surface area contributed by atoms with Gasteiger partial charge in [0.25, 0.3) is 5.91 Å². The van der Waals surface area contributed by atoms with E-state index >= 15 is 0 Å². The largest absolute Gasteiger partial charge is 0.489 e. The summed E-state index contributed by atoms with van der Waals surface area (Å²) in [5.41, 5.74) is 8.58. The van der Waals surface area contributed by atoms with Gasteiger partial charge in [-0.1, -0.05) is 86.6 Å². The molecule has 5 N–H and O–H groups in total. The van der Waals surface area contributed by atoms with Crippen LogP contribution in [-0.4, -0.2) is 79.2 Å². The normalized spacial score (nSPS) is 12.5. The Morgan fingerprint density at radius 2 is 1.36 bits per heavy atom. The van der Waals surface area contributed by atoms with Gasteiger partial charge in [-0.05, 0) is 47.6 Å². The zero-order valence-electron chi connectivity index (χ0n) is 28.5. The molecule has 0 heterocycles. The van der Waals surface area contributed by atoms with Crippen LogP contribution in [0.4, 0.5) is 0 Å². The molecule has 0 aromatic heterocycles. The molecule has 3 rings (SSSR count). The lowest BCUT2D eigenvalue weighted by molar-refractivity contribution is -0.157. The Labute approximate surface area is 291 Å². The van der Waals surface area contributed by atoms with Gasteiger partial charge in [-0.3, -0.25) is 28.9 Å². The standard InChI is InChI=1S/C37H45N5O8/c1-25(2)18-32(37(48)49-3)42(24-43)36(47)31(20-26-10-6-4-7-11-26)41-34(45)22-39-33(44)21-40-35(46)30(38)19-27-14-16-29(17-15-27)50-23-28-12-8-5-9-13-28/h4-17,24-25,30-32H,18-23,38H2,1-3H3,(H,39,44)(H,40,46)(H,41,45). The molecular formula is C37H45N5O8. The van der Waals surface area contributed by atoms with Crippen LogP contribution >= 0.6 is 0 Å². The second kappa shape index (κ2) is 20.1. The Bertz CT molecular complexity index is 1570. The highest BCUT2D eigenvalue weighted by atomic mass is 16.5. The Balaban J connectivity index is 1.51. The summed E-state index contributed by atoms with van der Waals surface area (Å²) < 4.78 is 10.6. The lowest BCUT2D eigenvalue weighted by atomic mass is 10.00. The van der Waals surface area contributed by atoms with E-state index in [2.05, 4.69) is 16.0 Å². The zero-order valence-corrected chi connectivity index (χ0v) is 28.5. The molecule has 0 saturated heterocycles. The van der Waals surface area contributed by atoms with Crippen molar-refractivity contribution in [3.63, 3.8) is 0 Å². The summed E-state index contributed by atoms with van der Waals surface area (Å²) in [6.07, 6.45) is 0.640. The van der Waals surface area contributed by atoms with E-state index in [1.54, 1.807) is 42.5 Å². The molecule has 0 aliphatic rings. The first-order valence-electron chi connectivity index (χ1n) is 16.2. The van der Waals surface area contributed by atoms with Crippen LogP contribution in [0.25, 0.3) is 0 Å². The van der Waals surface area contributed by atoms with Crippen LogP contribution in [-0.2, 0) is 53.0 Å². The second-order valence-electron chi connectivity index (χ2n) is 12.1. The molecule has 0 aliphatic heterocycles. The SMILES string of the molecule is COC(=O)C(CC(C)C)N(C=O)C(=O)C(Cc1ccccc1)NC(=O)CNC(=O)CNC(=O)C(N)Cc1ccc(OCc2ccccc2)cc1. The maximum atomic E-state index is 13.6. The number of nitrogens with zero attached hydrogens (tertiary/aromatic N) is 1. The van der Waals surface area contributed by atoms with Crippen molar-refractivity contribution in [2.75, 3.05) is 20.2 Å². The number of hydrogen-bond acceptors (Lipinski definition) is 9. The Morgan fingerprint density at radius 1 is 0.780 bits per heavy atom. The average Bonchev–Trinajstić information content (AvgIpc) is 3.12. The molecule has 13 heteroatoms. The summed E-state index contributed by atoms with van der Waals surface area (Å²) in [5.74, 6) is -2.91. The van der Waals surface area contributed by atoms with E-state index in [-0.39, 0.29) is 31.6 Å². The second-order valence-corrected chi connectivity index (χ2v) is 12.1. The fourth-order valence-corrected chi connectivity index (χ4v) is 5.01. The van der Waals surface area contributed by atoms with Crippen LogP contribution in [0.15, 0.2) is 84.9 Å². The van der Waals surface area contributed by atoms with Crippen LogP contribution in [0.5, 0.6) is 5.75 Å². The first-order valence-corrected chi connectivity index (χ1v) is 16.2. The predicted molar refractivity (Wildman–Crippen MR) is 185 cm³/mol. The number of ether oxygens (including phenoxy) is 2. The van der Waals surface area contributed by atoms with Crippen molar-refractivity contribution in [2.45, 2.75) is 57.8 Å². The molecule has 0 fully saturated rings. The monoisotopic (exact) mass is 687 g/mol. The number of rotatable bonds is 19. The lowest BCUT2D eigenvalue weighted by Crippen LogP contribution is -2.56. The minimum atomic E-state index is -1.24. The quantitative estimate of drug-likeness (QED) is 0.107. The zero-order chi connectivity index (χ0) is 36.5. The average molecular weight is 688 g/mol. The molecular weight excluding hydrogens is 642 g/mol. The highest BCUT2D eigenvalue weighted by Gasteiger charge is 2.35. The number of imide groups is 1. The number of hydrogen-bond donors (Lipinski definition) is 4. The number of benzene rings is 3. The van der Waals surface area contributed by atoms with Gasteiger partial charge in [-0.25, -0.2) is 4.79 Å². The van der Waals surface area contributed by atoms with Gasteiger partial charge in [0.2, 0.25) is 24.1 Å². The predicted octanol–water partition coefficient (Wildman–Crippen LogP) is 1.67. The highest BCUT2D eigenvalue weighted by Crippen LogP contribution is 2.16. The van der Waals surface area contributed by atoms with E-state index in [1.807, 2.05) is 56.3 Å². The van der Waals surface area contributed by atoms with Crippen molar-refractivity contribution >= 4 is 36.0 Å². The third-order valence-electron chi connectivity index (χ3n) is 7.62. The van der Waals surface area contributed by atoms with E-state index in [4.69, 9.17) is 15.2 Å². The number of carbonyl (C=O) groups excluding carboxylic acids is 6. The summed E-state index contributed by atoms with van der Waals surface area (Å²) in [7, 11) is 1.16. The number of esters is 1. The lowest BCUT2D eigenvalue weighted by Gasteiger charge is -2.29. The smallest absolute Gasteiger partial charge is 0.329 e. The van der Waals surface area contributed by atoms with Crippen molar-refractivity contribution in [1.29, 1.82) is 0 Å². The number of nitrogens with two attached hydrogens (primary N) is 1. The van der Waals surface area contributed by atoms with E-state index in [9.17, 15) is 28.8 Å². The molecule has 13 nitrogen and oxygen atoms in total. The number of amides is 5. The Morgan fingerprint density at radius 3 is 1.94 bits per heavy atom. The number of methoxy groups -OCH3 is 1. The fourth-order valence-electron chi connectivity index (χ4n) is 5.01. The van der Waals surface area contributed by atoms with Gasteiger partial charge < -0.3 is 31.2 Å².